The summed E-state index contributed by atoms with van der Waals surface area (Å²) in [5.41, 5.74) is 0. The predicted octanol–water partition coefficient (Wildman–Crippen LogP) is 3.23. The summed E-state index contributed by atoms with van der Waals surface area (Å²) < 4.78 is 9.61. The Labute approximate surface area is 133 Å². The zero-order chi connectivity index (χ0) is 16.4. The van der Waals surface area contributed by atoms with Gasteiger partial charge in [0.15, 0.2) is 0 Å². The van der Waals surface area contributed by atoms with Crippen LogP contribution in [0, 0.1) is 0 Å². The van der Waals surface area contributed by atoms with Crippen LogP contribution < -0.4 is 0 Å². The Morgan fingerprint density at radius 1 is 1.05 bits per heavy atom. The Morgan fingerprint density at radius 2 is 1.64 bits per heavy atom. The average Bonchev–Trinajstić information content (AvgIpc) is 2.52. The molecule has 1 N–H and O–H groups in total. The molecule has 0 aliphatic carbocycles. The predicted molar refractivity (Wildman–Crippen MR) is 84.4 cm³/mol. The summed E-state index contributed by atoms with van der Waals surface area (Å²) in [6, 6.07) is 9.23. The fourth-order valence-electron chi connectivity index (χ4n) is 1.39. The van der Waals surface area contributed by atoms with E-state index in [0.717, 1.165) is 11.0 Å². The van der Waals surface area contributed by atoms with Gasteiger partial charge in [0.1, 0.15) is 0 Å². The van der Waals surface area contributed by atoms with Gasteiger partial charge in [-0.15, -0.1) is 0 Å². The number of carbonyl (C=O) groups is 2. The Morgan fingerprint density at radius 3 is 2.23 bits per heavy atom. The van der Waals surface area contributed by atoms with Gasteiger partial charge in [-0.3, -0.25) is 0 Å². The van der Waals surface area contributed by atoms with Gasteiger partial charge in [-0.05, 0) is 38.1 Å². The third-order valence-electron chi connectivity index (χ3n) is 2.32. The highest BCUT2D eigenvalue weighted by atomic mass is 32.2. The summed E-state index contributed by atoms with van der Waals surface area (Å²) in [7, 11) is 0. The molecule has 1 aromatic carbocycles. The topological polar surface area (TPSA) is 72.8 Å². The molecule has 0 unspecified atom stereocenters. The number of aliphatic hydroxyl groups excluding tert-OH is 1. The van der Waals surface area contributed by atoms with Crippen LogP contribution in [-0.2, 0) is 19.1 Å². The highest BCUT2D eigenvalue weighted by Gasteiger charge is 2.13. The van der Waals surface area contributed by atoms with E-state index in [9.17, 15) is 14.7 Å². The number of hydrogen-bond acceptors (Lipinski definition) is 6. The number of aliphatic hydroxyl groups is 1. The number of esters is 2. The lowest BCUT2D eigenvalue weighted by molar-refractivity contribution is -0.141. The first kappa shape index (κ1) is 17.8. The molecule has 0 fully saturated rings. The minimum absolute atomic E-state index is 0.157. The number of carbonyl (C=O) groups excluding carboxylic acids is 2. The zero-order valence-electron chi connectivity index (χ0n) is 12.4. The second-order valence-corrected chi connectivity index (χ2v) is 5.05. The quantitative estimate of drug-likeness (QED) is 0.273. The van der Waals surface area contributed by atoms with E-state index in [1.165, 1.54) is 17.8 Å². The number of hydrogen-bond donors (Lipinski definition) is 1. The zero-order valence-corrected chi connectivity index (χ0v) is 13.3. The monoisotopic (exact) mass is 322 g/mol. The first-order valence-corrected chi connectivity index (χ1v) is 7.58. The van der Waals surface area contributed by atoms with E-state index in [1.807, 2.05) is 30.3 Å². The molecule has 0 atom stereocenters. The van der Waals surface area contributed by atoms with Crippen molar-refractivity contribution in [3.8, 4) is 0 Å². The summed E-state index contributed by atoms with van der Waals surface area (Å²) in [5, 5.41) is 9.56. The summed E-state index contributed by atoms with van der Waals surface area (Å²) >= 11 is 1.18. The molecular weight excluding hydrogens is 304 g/mol. The van der Waals surface area contributed by atoms with Crippen molar-refractivity contribution in [2.24, 2.45) is 0 Å². The van der Waals surface area contributed by atoms with E-state index < -0.39 is 17.7 Å². The fraction of sp³-hybridized carbons (Fsp3) is 0.250. The lowest BCUT2D eigenvalue weighted by Crippen LogP contribution is -2.07. The molecular formula is C16H18O5S. The molecule has 0 aliphatic heterocycles. The third-order valence-corrected chi connectivity index (χ3v) is 3.36. The van der Waals surface area contributed by atoms with Crippen molar-refractivity contribution in [3.05, 3.63) is 53.1 Å². The maximum Gasteiger partial charge on any atom is 0.373 e. The van der Waals surface area contributed by atoms with Gasteiger partial charge in [0, 0.05) is 4.90 Å². The van der Waals surface area contributed by atoms with Gasteiger partial charge < -0.3 is 14.6 Å². The van der Waals surface area contributed by atoms with E-state index in [-0.39, 0.29) is 18.1 Å². The van der Waals surface area contributed by atoms with Crippen LogP contribution in [0.2, 0.25) is 0 Å². The molecule has 0 spiro atoms. The van der Waals surface area contributed by atoms with Crippen LogP contribution >= 0.6 is 11.8 Å². The second kappa shape index (κ2) is 9.68. The smallest absolute Gasteiger partial charge is 0.373 e. The van der Waals surface area contributed by atoms with Gasteiger partial charge >= 0.3 is 11.9 Å². The van der Waals surface area contributed by atoms with Crippen LogP contribution in [0.4, 0.5) is 0 Å². The Balaban J connectivity index is 2.94. The van der Waals surface area contributed by atoms with Gasteiger partial charge in [-0.25, -0.2) is 9.59 Å². The van der Waals surface area contributed by atoms with E-state index in [4.69, 9.17) is 4.74 Å². The molecule has 22 heavy (non-hydrogen) atoms. The maximum absolute atomic E-state index is 11.9. The molecule has 0 saturated carbocycles. The lowest BCUT2D eigenvalue weighted by Gasteiger charge is -2.06. The maximum atomic E-state index is 11.9. The largest absolute Gasteiger partial charge is 0.502 e. The minimum Gasteiger partial charge on any atom is -0.502 e. The van der Waals surface area contributed by atoms with E-state index in [1.54, 1.807) is 13.8 Å². The summed E-state index contributed by atoms with van der Waals surface area (Å²) in [6.07, 6.45) is 2.46. The van der Waals surface area contributed by atoms with Gasteiger partial charge in [0.05, 0.1) is 18.1 Å². The molecule has 0 heterocycles. The van der Waals surface area contributed by atoms with Crippen molar-refractivity contribution >= 4 is 23.7 Å². The standard InChI is InChI=1S/C16H18O5S/c1-3-20-15(18)13(17)10-11-14(16(19)21-4-2)22-12-8-6-5-7-9-12/h5-11,17H,3-4H2,1-2H3. The first-order chi connectivity index (χ1) is 10.6. The number of thioether (sulfide) groups is 1. The first-order valence-electron chi connectivity index (χ1n) is 6.76. The van der Waals surface area contributed by atoms with Crippen LogP contribution in [0.5, 0.6) is 0 Å². The number of benzene rings is 1. The van der Waals surface area contributed by atoms with Gasteiger partial charge in [-0.2, -0.15) is 0 Å². The minimum atomic E-state index is -0.841. The van der Waals surface area contributed by atoms with Crippen molar-refractivity contribution in [2.75, 3.05) is 13.2 Å². The third kappa shape index (κ3) is 6.05. The Hall–Kier alpha value is -2.21. The number of allylic oxidation sites excluding steroid dienone is 2. The molecule has 118 valence electrons. The van der Waals surface area contributed by atoms with Crippen LogP contribution in [0.1, 0.15) is 13.8 Å². The second-order valence-electron chi connectivity index (χ2n) is 3.94. The van der Waals surface area contributed by atoms with Gasteiger partial charge in [0.25, 0.3) is 0 Å². The van der Waals surface area contributed by atoms with Crippen LogP contribution in [0.3, 0.4) is 0 Å². The van der Waals surface area contributed by atoms with Crippen molar-refractivity contribution in [2.45, 2.75) is 18.7 Å². The van der Waals surface area contributed by atoms with E-state index in [0.29, 0.717) is 0 Å². The lowest BCUT2D eigenvalue weighted by atomic mass is 10.4. The Bertz CT molecular complexity index is 563. The number of rotatable bonds is 7. The average molecular weight is 322 g/mol. The van der Waals surface area contributed by atoms with Crippen LogP contribution in [-0.4, -0.2) is 30.3 Å². The van der Waals surface area contributed by atoms with Crippen LogP contribution in [0.15, 0.2) is 58.0 Å². The molecule has 0 amide bonds. The van der Waals surface area contributed by atoms with E-state index in [2.05, 4.69) is 4.74 Å². The molecule has 5 nitrogen and oxygen atoms in total. The summed E-state index contributed by atoms with van der Waals surface area (Å²) in [4.78, 5) is 24.3. The Kier molecular flexibility index (Phi) is 7.85. The van der Waals surface area contributed by atoms with Gasteiger partial charge in [-0.1, -0.05) is 30.0 Å². The van der Waals surface area contributed by atoms with Crippen molar-refractivity contribution < 1.29 is 24.2 Å². The molecule has 0 aliphatic rings. The molecule has 0 bridgehead atoms. The number of ether oxygens (including phenoxy) is 2. The highest BCUT2D eigenvalue weighted by molar-refractivity contribution is 8.04. The summed E-state index contributed by atoms with van der Waals surface area (Å²) in [6.45, 7) is 3.73. The normalized spacial score (nSPS) is 11.9. The van der Waals surface area contributed by atoms with Crippen molar-refractivity contribution in [1.29, 1.82) is 0 Å². The van der Waals surface area contributed by atoms with Gasteiger partial charge in [0.2, 0.25) is 5.76 Å². The molecule has 1 aromatic rings. The highest BCUT2D eigenvalue weighted by Crippen LogP contribution is 2.27. The van der Waals surface area contributed by atoms with E-state index >= 15 is 0 Å². The summed E-state index contributed by atoms with van der Waals surface area (Å²) in [5.74, 6) is -1.94. The molecule has 0 saturated heterocycles. The van der Waals surface area contributed by atoms with Crippen LogP contribution in [0.25, 0.3) is 0 Å². The molecule has 6 heteroatoms. The SMILES string of the molecule is CCOC(=O)C(O)=CC=C(Sc1ccccc1)C(=O)OCC. The fourth-order valence-corrected chi connectivity index (χ4v) is 2.21. The molecule has 0 aromatic heterocycles. The van der Waals surface area contributed by atoms with Crippen molar-refractivity contribution in [1.82, 2.24) is 0 Å². The van der Waals surface area contributed by atoms with Crippen molar-refractivity contribution in [3.63, 3.8) is 0 Å². The molecule has 1 rings (SSSR count). The molecule has 0 radical (unpaired) electrons.